The molecular formula is C14H20F3N3O2. The number of rotatable bonds is 8. The second-order valence-electron chi connectivity index (χ2n) is 4.14. The van der Waals surface area contributed by atoms with Gasteiger partial charge in [0.25, 0.3) is 0 Å². The molecule has 0 atom stereocenters. The van der Waals surface area contributed by atoms with E-state index >= 15 is 0 Å². The van der Waals surface area contributed by atoms with Gasteiger partial charge in [-0.15, -0.1) is 0 Å². The van der Waals surface area contributed by atoms with Gasteiger partial charge in [-0.05, 0) is 19.1 Å². The summed E-state index contributed by atoms with van der Waals surface area (Å²) in [6.07, 6.45) is 0. The fourth-order valence-electron chi connectivity index (χ4n) is 1.70. The molecule has 0 saturated heterocycles. The van der Waals surface area contributed by atoms with Crippen molar-refractivity contribution in [2.75, 3.05) is 26.8 Å². The Morgan fingerprint density at radius 2 is 2.09 bits per heavy atom. The number of hydrogen-bond donors (Lipinski definition) is 2. The molecule has 0 radical (unpaired) electrons. The van der Waals surface area contributed by atoms with Crippen molar-refractivity contribution < 1.29 is 22.6 Å². The van der Waals surface area contributed by atoms with Crippen LogP contribution in [0.3, 0.4) is 0 Å². The standard InChI is InChI=1S/C14H20F3N3O2/c1-3-21-8-7-19-14(18-2)20-9-10-11(15)5-4-6-12(10)22-13(16)17/h4-6,13H,3,7-9H2,1-2H3,(H2,18,19,20). The summed E-state index contributed by atoms with van der Waals surface area (Å²) in [4.78, 5) is 3.95. The third-order valence-corrected chi connectivity index (χ3v) is 2.69. The van der Waals surface area contributed by atoms with Crippen molar-refractivity contribution in [3.63, 3.8) is 0 Å². The van der Waals surface area contributed by atoms with Gasteiger partial charge in [-0.2, -0.15) is 8.78 Å². The maximum Gasteiger partial charge on any atom is 0.387 e. The molecule has 5 nitrogen and oxygen atoms in total. The summed E-state index contributed by atoms with van der Waals surface area (Å²) in [5.41, 5.74) is 0.00978. The average molecular weight is 319 g/mol. The van der Waals surface area contributed by atoms with Crippen LogP contribution >= 0.6 is 0 Å². The second kappa shape index (κ2) is 9.88. The number of alkyl halides is 2. The maximum atomic E-state index is 13.8. The molecule has 0 bridgehead atoms. The number of guanidine groups is 1. The molecule has 2 N–H and O–H groups in total. The van der Waals surface area contributed by atoms with Crippen LogP contribution in [0, 0.1) is 5.82 Å². The van der Waals surface area contributed by atoms with E-state index in [0.717, 1.165) is 0 Å². The highest BCUT2D eigenvalue weighted by Gasteiger charge is 2.14. The third kappa shape index (κ3) is 6.21. The van der Waals surface area contributed by atoms with E-state index in [2.05, 4.69) is 20.4 Å². The fourth-order valence-corrected chi connectivity index (χ4v) is 1.70. The molecular weight excluding hydrogens is 299 g/mol. The first-order chi connectivity index (χ1) is 10.6. The Morgan fingerprint density at radius 1 is 1.32 bits per heavy atom. The Labute approximate surface area is 127 Å². The van der Waals surface area contributed by atoms with Gasteiger partial charge in [-0.1, -0.05) is 6.07 Å². The number of benzene rings is 1. The molecule has 1 aromatic rings. The summed E-state index contributed by atoms with van der Waals surface area (Å²) in [7, 11) is 1.55. The molecule has 8 heteroatoms. The van der Waals surface area contributed by atoms with Crippen LogP contribution < -0.4 is 15.4 Å². The second-order valence-corrected chi connectivity index (χ2v) is 4.14. The van der Waals surface area contributed by atoms with Crippen LogP contribution in [0.2, 0.25) is 0 Å². The van der Waals surface area contributed by atoms with E-state index in [1.165, 1.54) is 18.2 Å². The molecule has 0 aliphatic rings. The lowest BCUT2D eigenvalue weighted by Gasteiger charge is -2.15. The highest BCUT2D eigenvalue weighted by Crippen LogP contribution is 2.23. The minimum atomic E-state index is -3.01. The lowest BCUT2D eigenvalue weighted by molar-refractivity contribution is -0.0506. The van der Waals surface area contributed by atoms with Gasteiger partial charge in [-0.25, -0.2) is 4.39 Å². The smallest absolute Gasteiger partial charge is 0.387 e. The first kappa shape index (κ1) is 18.1. The normalized spacial score (nSPS) is 11.6. The summed E-state index contributed by atoms with van der Waals surface area (Å²) >= 11 is 0. The van der Waals surface area contributed by atoms with Crippen LogP contribution in [0.25, 0.3) is 0 Å². The average Bonchev–Trinajstić information content (AvgIpc) is 2.48. The minimum Gasteiger partial charge on any atom is -0.434 e. The van der Waals surface area contributed by atoms with Gasteiger partial charge in [0.15, 0.2) is 5.96 Å². The Hall–Kier alpha value is -1.96. The predicted octanol–water partition coefficient (Wildman–Crippen LogP) is 2.13. The zero-order chi connectivity index (χ0) is 16.4. The molecule has 0 aliphatic carbocycles. The van der Waals surface area contributed by atoms with Crippen LogP contribution in [0.4, 0.5) is 13.2 Å². The lowest BCUT2D eigenvalue weighted by Crippen LogP contribution is -2.38. The topological polar surface area (TPSA) is 54.9 Å². The van der Waals surface area contributed by atoms with Gasteiger partial charge in [0.05, 0.1) is 6.61 Å². The zero-order valence-corrected chi connectivity index (χ0v) is 12.5. The fraction of sp³-hybridized carbons (Fsp3) is 0.500. The van der Waals surface area contributed by atoms with E-state index in [9.17, 15) is 13.2 Å². The van der Waals surface area contributed by atoms with E-state index in [-0.39, 0.29) is 17.9 Å². The molecule has 0 unspecified atom stereocenters. The van der Waals surface area contributed by atoms with Crippen molar-refractivity contribution in [1.29, 1.82) is 0 Å². The summed E-state index contributed by atoms with van der Waals surface area (Å²) < 4.78 is 47.9. The third-order valence-electron chi connectivity index (χ3n) is 2.69. The van der Waals surface area contributed by atoms with Crippen LogP contribution in [-0.2, 0) is 11.3 Å². The van der Waals surface area contributed by atoms with Gasteiger partial charge in [-0.3, -0.25) is 4.99 Å². The maximum absolute atomic E-state index is 13.8. The molecule has 0 spiro atoms. The molecule has 124 valence electrons. The van der Waals surface area contributed by atoms with E-state index in [1.807, 2.05) is 6.92 Å². The van der Waals surface area contributed by atoms with Crippen molar-refractivity contribution in [3.8, 4) is 5.75 Å². The summed E-state index contributed by atoms with van der Waals surface area (Å²) in [6.45, 7) is 0.460. The first-order valence-electron chi connectivity index (χ1n) is 6.83. The van der Waals surface area contributed by atoms with Gasteiger partial charge >= 0.3 is 6.61 Å². The Balaban J connectivity index is 2.62. The van der Waals surface area contributed by atoms with Crippen LogP contribution in [-0.4, -0.2) is 39.4 Å². The predicted molar refractivity (Wildman–Crippen MR) is 77.7 cm³/mol. The summed E-state index contributed by atoms with van der Waals surface area (Å²) in [5.74, 6) is -0.423. The number of nitrogens with zero attached hydrogens (tertiary/aromatic N) is 1. The van der Waals surface area contributed by atoms with E-state index in [4.69, 9.17) is 4.74 Å². The van der Waals surface area contributed by atoms with Crippen molar-refractivity contribution in [2.24, 2.45) is 4.99 Å². The monoisotopic (exact) mass is 319 g/mol. The molecule has 0 aliphatic heterocycles. The number of halogens is 3. The molecule has 0 aromatic heterocycles. The SMILES string of the molecule is CCOCCNC(=NC)NCc1c(F)cccc1OC(F)F. The van der Waals surface area contributed by atoms with Crippen LogP contribution in [0.1, 0.15) is 12.5 Å². The van der Waals surface area contributed by atoms with Crippen LogP contribution in [0.15, 0.2) is 23.2 Å². The first-order valence-corrected chi connectivity index (χ1v) is 6.83. The Morgan fingerprint density at radius 3 is 2.73 bits per heavy atom. The molecule has 1 rings (SSSR count). The van der Waals surface area contributed by atoms with E-state index in [1.54, 1.807) is 7.05 Å². The molecule has 1 aromatic carbocycles. The largest absolute Gasteiger partial charge is 0.434 e. The van der Waals surface area contributed by atoms with Crippen LogP contribution in [0.5, 0.6) is 5.75 Å². The Kier molecular flexibility index (Phi) is 8.13. The van der Waals surface area contributed by atoms with E-state index < -0.39 is 12.4 Å². The van der Waals surface area contributed by atoms with Gasteiger partial charge < -0.3 is 20.1 Å². The summed E-state index contributed by atoms with van der Waals surface area (Å²) in [5, 5.41) is 5.79. The number of nitrogens with one attached hydrogen (secondary N) is 2. The number of hydrogen-bond acceptors (Lipinski definition) is 3. The van der Waals surface area contributed by atoms with Gasteiger partial charge in [0.1, 0.15) is 11.6 Å². The van der Waals surface area contributed by atoms with Gasteiger partial charge in [0.2, 0.25) is 0 Å². The zero-order valence-electron chi connectivity index (χ0n) is 12.5. The minimum absolute atomic E-state index is 0.00978. The highest BCUT2D eigenvalue weighted by atomic mass is 19.3. The highest BCUT2D eigenvalue weighted by molar-refractivity contribution is 5.79. The van der Waals surface area contributed by atoms with Crippen molar-refractivity contribution in [3.05, 3.63) is 29.6 Å². The van der Waals surface area contributed by atoms with Gasteiger partial charge in [0, 0.05) is 32.3 Å². The van der Waals surface area contributed by atoms with Crippen molar-refractivity contribution >= 4 is 5.96 Å². The number of aliphatic imine (C=N–C) groups is 1. The Bertz CT molecular complexity index is 484. The van der Waals surface area contributed by atoms with E-state index in [0.29, 0.717) is 25.7 Å². The number of ether oxygens (including phenoxy) is 2. The molecule has 0 heterocycles. The quantitative estimate of drug-likeness (QED) is 0.438. The van der Waals surface area contributed by atoms with Crippen molar-refractivity contribution in [2.45, 2.75) is 20.1 Å². The van der Waals surface area contributed by atoms with Crippen molar-refractivity contribution in [1.82, 2.24) is 10.6 Å². The molecule has 0 saturated carbocycles. The summed E-state index contributed by atoms with van der Waals surface area (Å²) in [6, 6.07) is 3.78. The molecule has 0 fully saturated rings. The molecule has 22 heavy (non-hydrogen) atoms. The lowest BCUT2D eigenvalue weighted by atomic mass is 10.2. The molecule has 0 amide bonds.